The first-order valence-corrected chi connectivity index (χ1v) is 10.2. The SMILES string of the molecule is COc1cccc(N2C(=O)C(=O)/C(=C(\O)c3ccc(OC)cc3C)C2c2ccc(O)cc2)c1. The third-order valence-electron chi connectivity index (χ3n) is 5.67. The van der Waals surface area contributed by atoms with E-state index in [2.05, 4.69) is 0 Å². The van der Waals surface area contributed by atoms with Gasteiger partial charge in [0, 0.05) is 17.3 Å². The van der Waals surface area contributed by atoms with Gasteiger partial charge in [-0.05, 0) is 60.5 Å². The second-order valence-corrected chi connectivity index (χ2v) is 7.64. The number of carbonyl (C=O) groups is 2. The van der Waals surface area contributed by atoms with E-state index < -0.39 is 17.7 Å². The number of ketones is 1. The summed E-state index contributed by atoms with van der Waals surface area (Å²) in [6.07, 6.45) is 0. The van der Waals surface area contributed by atoms with Crippen LogP contribution in [0.4, 0.5) is 5.69 Å². The van der Waals surface area contributed by atoms with Gasteiger partial charge in [0.15, 0.2) is 0 Å². The fourth-order valence-corrected chi connectivity index (χ4v) is 4.01. The molecule has 0 aromatic heterocycles. The number of phenolic OH excluding ortho intramolecular Hbond substituents is 1. The smallest absolute Gasteiger partial charge is 0.300 e. The molecule has 0 saturated carbocycles. The maximum atomic E-state index is 13.2. The number of anilines is 1. The molecule has 7 heteroatoms. The normalized spacial score (nSPS) is 17.3. The van der Waals surface area contributed by atoms with Crippen molar-refractivity contribution in [1.29, 1.82) is 0 Å². The highest BCUT2D eigenvalue weighted by Crippen LogP contribution is 2.43. The molecule has 3 aromatic rings. The molecule has 0 spiro atoms. The molecular weight excluding hydrogens is 422 g/mol. The van der Waals surface area contributed by atoms with Gasteiger partial charge < -0.3 is 19.7 Å². The molecule has 0 bridgehead atoms. The van der Waals surface area contributed by atoms with E-state index in [4.69, 9.17) is 9.47 Å². The fourth-order valence-electron chi connectivity index (χ4n) is 4.01. The summed E-state index contributed by atoms with van der Waals surface area (Å²) in [6, 6.07) is 17.1. The Bertz CT molecular complexity index is 1260. The van der Waals surface area contributed by atoms with E-state index in [0.717, 1.165) is 0 Å². The monoisotopic (exact) mass is 445 g/mol. The van der Waals surface area contributed by atoms with Crippen molar-refractivity contribution in [2.75, 3.05) is 19.1 Å². The molecule has 3 aromatic carbocycles. The van der Waals surface area contributed by atoms with Crippen LogP contribution >= 0.6 is 0 Å². The minimum atomic E-state index is -0.904. The van der Waals surface area contributed by atoms with Crippen molar-refractivity contribution in [3.63, 3.8) is 0 Å². The Labute approximate surface area is 191 Å². The lowest BCUT2D eigenvalue weighted by Gasteiger charge is -2.26. The molecule has 4 rings (SSSR count). The highest BCUT2D eigenvalue weighted by molar-refractivity contribution is 6.51. The lowest BCUT2D eigenvalue weighted by Crippen LogP contribution is -2.29. The van der Waals surface area contributed by atoms with E-state index in [1.165, 1.54) is 24.1 Å². The number of aryl methyl sites for hydroxylation is 1. The van der Waals surface area contributed by atoms with E-state index in [1.807, 2.05) is 0 Å². The summed E-state index contributed by atoms with van der Waals surface area (Å²) < 4.78 is 10.5. The number of hydrogen-bond donors (Lipinski definition) is 2. The Morgan fingerprint density at radius 2 is 1.58 bits per heavy atom. The number of nitrogens with zero attached hydrogens (tertiary/aromatic N) is 1. The maximum Gasteiger partial charge on any atom is 0.300 e. The molecule has 0 radical (unpaired) electrons. The van der Waals surface area contributed by atoms with Gasteiger partial charge in [0.1, 0.15) is 23.0 Å². The van der Waals surface area contributed by atoms with E-state index in [-0.39, 0.29) is 17.1 Å². The molecule has 168 valence electrons. The Morgan fingerprint density at radius 3 is 2.21 bits per heavy atom. The van der Waals surface area contributed by atoms with E-state index in [9.17, 15) is 19.8 Å². The van der Waals surface area contributed by atoms with Crippen molar-refractivity contribution in [3.8, 4) is 17.2 Å². The van der Waals surface area contributed by atoms with E-state index in [0.29, 0.717) is 33.9 Å². The van der Waals surface area contributed by atoms with Gasteiger partial charge in [0.05, 0.1) is 25.8 Å². The Balaban J connectivity index is 1.95. The number of carbonyl (C=O) groups excluding carboxylic acids is 2. The number of rotatable bonds is 5. The highest BCUT2D eigenvalue weighted by Gasteiger charge is 2.47. The number of ether oxygens (including phenoxy) is 2. The quantitative estimate of drug-likeness (QED) is 0.345. The molecule has 1 unspecified atom stereocenters. The zero-order valence-corrected chi connectivity index (χ0v) is 18.4. The Morgan fingerprint density at radius 1 is 0.909 bits per heavy atom. The standard InChI is InChI=1S/C26H23NO6/c1-15-13-20(33-3)11-12-21(15)24(29)22-23(16-7-9-18(28)10-8-16)27(26(31)25(22)30)17-5-4-6-19(14-17)32-2/h4-14,23,28-29H,1-3H3/b24-22-. The first-order chi connectivity index (χ1) is 15.8. The van der Waals surface area contributed by atoms with Gasteiger partial charge in [-0.3, -0.25) is 14.5 Å². The third kappa shape index (κ3) is 3.89. The number of aromatic hydroxyl groups is 1. The second-order valence-electron chi connectivity index (χ2n) is 7.64. The van der Waals surface area contributed by atoms with Gasteiger partial charge in [-0.15, -0.1) is 0 Å². The minimum Gasteiger partial charge on any atom is -0.508 e. The largest absolute Gasteiger partial charge is 0.508 e. The minimum absolute atomic E-state index is 0.0400. The van der Waals surface area contributed by atoms with E-state index >= 15 is 0 Å². The summed E-state index contributed by atoms with van der Waals surface area (Å²) in [5.41, 5.74) is 2.07. The van der Waals surface area contributed by atoms with Gasteiger partial charge in [-0.25, -0.2) is 0 Å². The molecule has 7 nitrogen and oxygen atoms in total. The number of benzene rings is 3. The van der Waals surface area contributed by atoms with Gasteiger partial charge in [0.25, 0.3) is 11.7 Å². The molecule has 1 amide bonds. The molecule has 2 N–H and O–H groups in total. The Kier molecular flexibility index (Phi) is 5.79. The molecule has 0 aliphatic carbocycles. The van der Waals surface area contributed by atoms with Crippen LogP contribution in [0.5, 0.6) is 17.2 Å². The maximum absolute atomic E-state index is 13.2. The van der Waals surface area contributed by atoms with Crippen molar-refractivity contribution in [3.05, 3.63) is 89.0 Å². The van der Waals surface area contributed by atoms with Crippen LogP contribution in [0.3, 0.4) is 0 Å². The number of phenols is 1. The number of amides is 1. The van der Waals surface area contributed by atoms with Crippen molar-refractivity contribution >= 4 is 23.1 Å². The van der Waals surface area contributed by atoms with Crippen molar-refractivity contribution < 1.29 is 29.3 Å². The number of Topliss-reactive ketones (excluding diaryl/α,β-unsaturated/α-hetero) is 1. The number of aliphatic hydroxyl groups excluding tert-OH is 1. The fraction of sp³-hybridized carbons (Fsp3) is 0.154. The number of methoxy groups -OCH3 is 2. The molecule has 1 aliphatic heterocycles. The molecule has 33 heavy (non-hydrogen) atoms. The summed E-state index contributed by atoms with van der Waals surface area (Å²) in [5, 5.41) is 21.0. The number of hydrogen-bond acceptors (Lipinski definition) is 6. The topological polar surface area (TPSA) is 96.3 Å². The lowest BCUT2D eigenvalue weighted by atomic mass is 9.93. The van der Waals surface area contributed by atoms with E-state index in [1.54, 1.807) is 68.6 Å². The Hall–Kier alpha value is -4.26. The van der Waals surface area contributed by atoms with Gasteiger partial charge in [-0.2, -0.15) is 0 Å². The summed E-state index contributed by atoms with van der Waals surface area (Å²) in [7, 11) is 3.05. The van der Waals surface area contributed by atoms with Crippen molar-refractivity contribution in [2.24, 2.45) is 0 Å². The van der Waals surface area contributed by atoms with Crippen LogP contribution < -0.4 is 14.4 Å². The summed E-state index contributed by atoms with van der Waals surface area (Å²) in [6.45, 7) is 1.78. The van der Waals surface area contributed by atoms with Crippen LogP contribution in [-0.4, -0.2) is 36.1 Å². The van der Waals surface area contributed by atoms with Crippen molar-refractivity contribution in [2.45, 2.75) is 13.0 Å². The first kappa shape index (κ1) is 22.0. The van der Waals surface area contributed by atoms with Gasteiger partial charge in [-0.1, -0.05) is 18.2 Å². The molecule has 1 aliphatic rings. The number of aliphatic hydroxyl groups is 1. The van der Waals surface area contributed by atoms with Crippen LogP contribution in [0.2, 0.25) is 0 Å². The third-order valence-corrected chi connectivity index (χ3v) is 5.67. The molecule has 1 fully saturated rings. The summed E-state index contributed by atoms with van der Waals surface area (Å²) >= 11 is 0. The highest BCUT2D eigenvalue weighted by atomic mass is 16.5. The second kappa shape index (κ2) is 8.70. The molecular formula is C26H23NO6. The molecule has 1 heterocycles. The van der Waals surface area contributed by atoms with Crippen molar-refractivity contribution in [1.82, 2.24) is 0 Å². The van der Waals surface area contributed by atoms with Crippen LogP contribution in [0.25, 0.3) is 5.76 Å². The average Bonchev–Trinajstić information content (AvgIpc) is 3.09. The predicted molar refractivity (Wildman–Crippen MR) is 124 cm³/mol. The first-order valence-electron chi connectivity index (χ1n) is 10.2. The molecule has 1 atom stereocenters. The lowest BCUT2D eigenvalue weighted by molar-refractivity contribution is -0.132. The van der Waals surface area contributed by atoms with Gasteiger partial charge >= 0.3 is 0 Å². The van der Waals surface area contributed by atoms with Gasteiger partial charge in [0.2, 0.25) is 0 Å². The predicted octanol–water partition coefficient (Wildman–Crippen LogP) is 4.34. The summed E-state index contributed by atoms with van der Waals surface area (Å²) in [5.74, 6) is -0.682. The van der Waals surface area contributed by atoms with Crippen LogP contribution in [-0.2, 0) is 9.59 Å². The van der Waals surface area contributed by atoms with Crippen LogP contribution in [0.1, 0.15) is 22.7 Å². The average molecular weight is 445 g/mol. The zero-order chi connectivity index (χ0) is 23.7. The van der Waals surface area contributed by atoms with Crippen LogP contribution in [0, 0.1) is 6.92 Å². The van der Waals surface area contributed by atoms with Crippen LogP contribution in [0.15, 0.2) is 72.3 Å². The molecule has 1 saturated heterocycles. The summed E-state index contributed by atoms with van der Waals surface area (Å²) in [4.78, 5) is 27.8. The zero-order valence-electron chi connectivity index (χ0n) is 18.4.